The molecule has 108 valence electrons. The molecule has 1 aromatic carbocycles. The first-order chi connectivity index (χ1) is 9.19. The number of rotatable bonds is 9. The molecule has 0 amide bonds. The molecule has 0 aromatic heterocycles. The van der Waals surface area contributed by atoms with E-state index in [9.17, 15) is 9.50 Å². The first-order valence-corrected chi connectivity index (χ1v) is 6.43. The van der Waals surface area contributed by atoms with Crippen molar-refractivity contribution in [2.75, 3.05) is 40.0 Å². The van der Waals surface area contributed by atoms with Gasteiger partial charge in [-0.15, -0.1) is 0 Å². The normalized spacial score (nSPS) is 12.9. The van der Waals surface area contributed by atoms with Crippen LogP contribution in [0.3, 0.4) is 0 Å². The molecule has 1 unspecified atom stereocenters. The number of methoxy groups -OCH3 is 1. The fourth-order valence-corrected chi connectivity index (χ4v) is 1.90. The number of hydrogen-bond donors (Lipinski definition) is 2. The number of halogens is 1. The maximum atomic E-state index is 13.5. The lowest BCUT2D eigenvalue weighted by molar-refractivity contribution is 0.104. The molecule has 5 heteroatoms. The minimum Gasteiger partial charge on any atom is -0.395 e. The van der Waals surface area contributed by atoms with Crippen molar-refractivity contribution in [1.29, 1.82) is 0 Å². The van der Waals surface area contributed by atoms with Crippen molar-refractivity contribution in [2.24, 2.45) is 0 Å². The molecule has 0 aliphatic rings. The highest BCUT2D eigenvalue weighted by Crippen LogP contribution is 2.19. The zero-order valence-electron chi connectivity index (χ0n) is 11.3. The molecular formula is C14H22FNO3. The Bertz CT molecular complexity index is 362. The smallest absolute Gasteiger partial charge is 0.128 e. The average molecular weight is 271 g/mol. The molecule has 1 atom stereocenters. The van der Waals surface area contributed by atoms with Crippen molar-refractivity contribution in [2.45, 2.75) is 12.5 Å². The van der Waals surface area contributed by atoms with E-state index in [1.165, 1.54) is 6.07 Å². The highest BCUT2D eigenvalue weighted by Gasteiger charge is 2.14. The molecule has 0 heterocycles. The van der Waals surface area contributed by atoms with Crippen LogP contribution in [0.5, 0.6) is 0 Å². The molecule has 0 aliphatic heterocycles. The minimum absolute atomic E-state index is 0.0551. The van der Waals surface area contributed by atoms with E-state index in [1.807, 2.05) is 4.90 Å². The molecule has 1 aromatic rings. The third-order valence-corrected chi connectivity index (χ3v) is 3.01. The molecule has 0 radical (unpaired) electrons. The van der Waals surface area contributed by atoms with Gasteiger partial charge in [-0.3, -0.25) is 4.90 Å². The number of hydrogen-bond acceptors (Lipinski definition) is 4. The van der Waals surface area contributed by atoms with Crippen LogP contribution in [0.4, 0.5) is 4.39 Å². The fourth-order valence-electron chi connectivity index (χ4n) is 1.90. The molecule has 0 fully saturated rings. The van der Waals surface area contributed by atoms with E-state index < -0.39 is 6.10 Å². The van der Waals surface area contributed by atoms with Gasteiger partial charge >= 0.3 is 0 Å². The van der Waals surface area contributed by atoms with Crippen molar-refractivity contribution in [1.82, 2.24) is 4.90 Å². The second-order valence-corrected chi connectivity index (χ2v) is 4.38. The van der Waals surface area contributed by atoms with Crippen molar-refractivity contribution in [3.05, 3.63) is 35.6 Å². The zero-order chi connectivity index (χ0) is 14.1. The van der Waals surface area contributed by atoms with Crippen LogP contribution >= 0.6 is 0 Å². The molecule has 2 N–H and O–H groups in total. The predicted molar refractivity (Wildman–Crippen MR) is 71.4 cm³/mol. The van der Waals surface area contributed by atoms with Crippen LogP contribution < -0.4 is 0 Å². The van der Waals surface area contributed by atoms with Crippen LogP contribution in [0.25, 0.3) is 0 Å². The second-order valence-electron chi connectivity index (χ2n) is 4.38. The van der Waals surface area contributed by atoms with E-state index in [2.05, 4.69) is 0 Å². The van der Waals surface area contributed by atoms with Gasteiger partial charge in [-0.05, 0) is 12.5 Å². The Kier molecular flexibility index (Phi) is 7.59. The topological polar surface area (TPSA) is 52.9 Å². The van der Waals surface area contributed by atoms with E-state index >= 15 is 0 Å². The van der Waals surface area contributed by atoms with Gasteiger partial charge in [-0.1, -0.05) is 18.2 Å². The van der Waals surface area contributed by atoms with Gasteiger partial charge < -0.3 is 14.9 Å². The SMILES string of the molecule is COCCN(CCO)CCC(O)c1ccccc1F. The lowest BCUT2D eigenvalue weighted by atomic mass is 10.1. The first-order valence-electron chi connectivity index (χ1n) is 6.43. The summed E-state index contributed by atoms with van der Waals surface area (Å²) in [5.41, 5.74) is 0.318. The van der Waals surface area contributed by atoms with Gasteiger partial charge in [-0.25, -0.2) is 4.39 Å². The Morgan fingerprint density at radius 3 is 2.63 bits per heavy atom. The molecule has 0 bridgehead atoms. The van der Waals surface area contributed by atoms with Crippen molar-refractivity contribution in [3.8, 4) is 0 Å². The fraction of sp³-hybridized carbons (Fsp3) is 0.571. The van der Waals surface area contributed by atoms with Crippen molar-refractivity contribution < 1.29 is 19.3 Å². The molecule has 0 spiro atoms. The molecule has 1 rings (SSSR count). The zero-order valence-corrected chi connectivity index (χ0v) is 11.3. The predicted octanol–water partition coefficient (Wildman–Crippen LogP) is 1.19. The Hall–Kier alpha value is -1.01. The van der Waals surface area contributed by atoms with Gasteiger partial charge in [-0.2, -0.15) is 0 Å². The standard InChI is InChI=1S/C14H22FNO3/c1-19-11-9-16(8-10-17)7-6-14(18)12-4-2-3-5-13(12)15/h2-5,14,17-18H,6-11H2,1H3. The van der Waals surface area contributed by atoms with Crippen LogP contribution in [-0.4, -0.2) is 55.1 Å². The van der Waals surface area contributed by atoms with E-state index in [1.54, 1.807) is 25.3 Å². The highest BCUT2D eigenvalue weighted by molar-refractivity contribution is 5.19. The third-order valence-electron chi connectivity index (χ3n) is 3.01. The van der Waals surface area contributed by atoms with Crippen LogP contribution in [0, 0.1) is 5.82 Å². The molecule has 0 saturated heterocycles. The van der Waals surface area contributed by atoms with E-state index in [0.29, 0.717) is 38.2 Å². The summed E-state index contributed by atoms with van der Waals surface area (Å²) in [5.74, 6) is -0.388. The average Bonchev–Trinajstić information content (AvgIpc) is 2.42. The first kappa shape index (κ1) is 16.0. The molecular weight excluding hydrogens is 249 g/mol. The summed E-state index contributed by atoms with van der Waals surface area (Å²) >= 11 is 0. The van der Waals surface area contributed by atoms with Gasteiger partial charge in [0.15, 0.2) is 0 Å². The molecule has 0 aliphatic carbocycles. The Labute approximate surface area is 113 Å². The molecule has 19 heavy (non-hydrogen) atoms. The van der Waals surface area contributed by atoms with Crippen LogP contribution in [0.1, 0.15) is 18.1 Å². The minimum atomic E-state index is -0.829. The Morgan fingerprint density at radius 1 is 1.26 bits per heavy atom. The summed E-state index contributed by atoms with van der Waals surface area (Å²) < 4.78 is 18.5. The van der Waals surface area contributed by atoms with Crippen LogP contribution in [0.2, 0.25) is 0 Å². The van der Waals surface area contributed by atoms with Gasteiger partial charge in [0.1, 0.15) is 5.82 Å². The van der Waals surface area contributed by atoms with Crippen molar-refractivity contribution in [3.63, 3.8) is 0 Å². The number of nitrogens with zero attached hydrogens (tertiary/aromatic N) is 1. The summed E-state index contributed by atoms with van der Waals surface area (Å²) in [4.78, 5) is 1.98. The molecule has 4 nitrogen and oxygen atoms in total. The Balaban J connectivity index is 2.47. The summed E-state index contributed by atoms with van der Waals surface area (Å²) in [6.45, 7) is 2.41. The van der Waals surface area contributed by atoms with Crippen molar-refractivity contribution >= 4 is 0 Å². The highest BCUT2D eigenvalue weighted by atomic mass is 19.1. The van der Waals surface area contributed by atoms with Gasteiger partial charge in [0.2, 0.25) is 0 Å². The number of aliphatic hydroxyl groups is 2. The summed E-state index contributed by atoms with van der Waals surface area (Å²) in [6, 6.07) is 6.24. The second kappa shape index (κ2) is 8.98. The van der Waals surface area contributed by atoms with Gasteiger partial charge in [0.25, 0.3) is 0 Å². The maximum absolute atomic E-state index is 13.5. The Morgan fingerprint density at radius 2 is 2.00 bits per heavy atom. The summed E-state index contributed by atoms with van der Waals surface area (Å²) in [7, 11) is 1.62. The summed E-state index contributed by atoms with van der Waals surface area (Å²) in [5, 5.41) is 18.9. The number of benzene rings is 1. The van der Waals surface area contributed by atoms with E-state index in [0.717, 1.165) is 0 Å². The van der Waals surface area contributed by atoms with Gasteiger partial charge in [0.05, 0.1) is 19.3 Å². The maximum Gasteiger partial charge on any atom is 0.128 e. The third kappa shape index (κ3) is 5.65. The lowest BCUT2D eigenvalue weighted by Crippen LogP contribution is -2.32. The van der Waals surface area contributed by atoms with E-state index in [-0.39, 0.29) is 12.4 Å². The molecule has 0 saturated carbocycles. The monoisotopic (exact) mass is 271 g/mol. The van der Waals surface area contributed by atoms with Crippen LogP contribution in [-0.2, 0) is 4.74 Å². The van der Waals surface area contributed by atoms with Gasteiger partial charge in [0, 0.05) is 32.3 Å². The largest absolute Gasteiger partial charge is 0.395 e. The summed E-state index contributed by atoms with van der Waals surface area (Å²) in [6.07, 6.45) is -0.407. The number of ether oxygens (including phenoxy) is 1. The lowest BCUT2D eigenvalue weighted by Gasteiger charge is -2.22. The number of aliphatic hydroxyl groups excluding tert-OH is 2. The van der Waals surface area contributed by atoms with E-state index in [4.69, 9.17) is 9.84 Å². The quantitative estimate of drug-likeness (QED) is 0.708. The van der Waals surface area contributed by atoms with Crippen LogP contribution in [0.15, 0.2) is 24.3 Å².